The van der Waals surface area contributed by atoms with Crippen molar-refractivity contribution in [2.45, 2.75) is 48.1 Å². The van der Waals surface area contributed by atoms with Gasteiger partial charge >= 0.3 is 0 Å². The van der Waals surface area contributed by atoms with Crippen molar-refractivity contribution in [3.63, 3.8) is 0 Å². The van der Waals surface area contributed by atoms with Crippen molar-refractivity contribution >= 4 is 21.6 Å². The molecule has 23 heavy (non-hydrogen) atoms. The number of nitrogens with zero attached hydrogens (tertiary/aromatic N) is 1. The van der Waals surface area contributed by atoms with E-state index in [1.54, 1.807) is 11.3 Å². The first-order chi connectivity index (χ1) is 10.8. The van der Waals surface area contributed by atoms with Gasteiger partial charge in [-0.2, -0.15) is 0 Å². The fraction of sp³-hybridized carbons (Fsp3) is 0.350. The van der Waals surface area contributed by atoms with Crippen LogP contribution in [0.3, 0.4) is 0 Å². The van der Waals surface area contributed by atoms with Gasteiger partial charge in [-0.05, 0) is 63.8 Å². The molecule has 0 N–H and O–H groups in total. The topological polar surface area (TPSA) is 22.0 Å². The number of benzene rings is 1. The minimum atomic E-state index is 0.190. The summed E-state index contributed by atoms with van der Waals surface area (Å²) in [6.45, 7) is 13.3. The molecule has 0 aliphatic carbocycles. The van der Waals surface area contributed by atoms with E-state index in [9.17, 15) is 4.79 Å². The first-order valence-corrected chi connectivity index (χ1v) is 8.78. The average Bonchev–Trinajstić information content (AvgIpc) is 2.81. The summed E-state index contributed by atoms with van der Waals surface area (Å²) >= 11 is 1.73. The Bertz CT molecular complexity index is 976. The summed E-state index contributed by atoms with van der Waals surface area (Å²) in [5.74, 6) is 0. The first-order valence-electron chi connectivity index (χ1n) is 7.97. The average molecular weight is 325 g/mol. The van der Waals surface area contributed by atoms with Crippen molar-refractivity contribution in [2.75, 3.05) is 0 Å². The lowest BCUT2D eigenvalue weighted by Gasteiger charge is -2.16. The third kappa shape index (κ3) is 2.53. The standard InChI is InChI=1S/C20H23NOS/c1-11-7-8-17(9-12(11)2)10-21-15(5)13(3)19(22)18-14(4)16(6)23-20(18)21/h7-9H,10H2,1-6H3. The summed E-state index contributed by atoms with van der Waals surface area (Å²) in [6.07, 6.45) is 0. The zero-order valence-corrected chi connectivity index (χ0v) is 15.5. The molecule has 0 spiro atoms. The predicted molar refractivity (Wildman–Crippen MR) is 100 cm³/mol. The van der Waals surface area contributed by atoms with Crippen molar-refractivity contribution in [3.8, 4) is 0 Å². The van der Waals surface area contributed by atoms with Crippen LogP contribution in [-0.4, -0.2) is 4.57 Å². The molecule has 0 saturated carbocycles. The van der Waals surface area contributed by atoms with Gasteiger partial charge < -0.3 is 4.57 Å². The molecule has 2 nitrogen and oxygen atoms in total. The maximum atomic E-state index is 12.7. The Balaban J connectivity index is 2.26. The fourth-order valence-corrected chi connectivity index (χ4v) is 4.25. The molecule has 0 aliphatic heterocycles. The lowest BCUT2D eigenvalue weighted by molar-refractivity contribution is 0.789. The van der Waals surface area contributed by atoms with Crippen LogP contribution in [0.15, 0.2) is 23.0 Å². The highest BCUT2D eigenvalue weighted by atomic mass is 32.1. The highest BCUT2D eigenvalue weighted by Crippen LogP contribution is 2.30. The van der Waals surface area contributed by atoms with Gasteiger partial charge in [-0.15, -0.1) is 11.3 Å². The molecular weight excluding hydrogens is 302 g/mol. The van der Waals surface area contributed by atoms with E-state index in [4.69, 9.17) is 0 Å². The van der Waals surface area contributed by atoms with E-state index in [2.05, 4.69) is 57.4 Å². The van der Waals surface area contributed by atoms with Crippen LogP contribution in [0.25, 0.3) is 10.2 Å². The van der Waals surface area contributed by atoms with Crippen LogP contribution in [0.4, 0.5) is 0 Å². The second-order valence-corrected chi connectivity index (χ2v) is 7.71. The van der Waals surface area contributed by atoms with Crippen molar-refractivity contribution in [2.24, 2.45) is 0 Å². The molecule has 1 aromatic carbocycles. The normalized spacial score (nSPS) is 11.4. The van der Waals surface area contributed by atoms with Gasteiger partial charge in [0.05, 0.1) is 5.39 Å². The van der Waals surface area contributed by atoms with Crippen LogP contribution < -0.4 is 5.43 Å². The number of fused-ring (bicyclic) bond motifs is 1. The Morgan fingerprint density at radius 3 is 2.30 bits per heavy atom. The van der Waals surface area contributed by atoms with E-state index in [0.717, 1.165) is 33.6 Å². The van der Waals surface area contributed by atoms with E-state index in [1.165, 1.54) is 21.6 Å². The molecule has 0 aliphatic rings. The molecule has 0 unspecified atom stereocenters. The third-order valence-electron chi connectivity index (χ3n) is 5.04. The SMILES string of the molecule is Cc1ccc(Cn2c(C)c(C)c(=O)c3c(C)c(C)sc32)cc1C. The molecule has 2 aromatic heterocycles. The quantitative estimate of drug-likeness (QED) is 0.652. The monoisotopic (exact) mass is 325 g/mol. The number of aryl methyl sites for hydroxylation is 4. The van der Waals surface area contributed by atoms with Crippen molar-refractivity contribution < 1.29 is 0 Å². The molecule has 0 bridgehead atoms. The minimum Gasteiger partial charge on any atom is -0.332 e. The Morgan fingerprint density at radius 1 is 0.957 bits per heavy atom. The van der Waals surface area contributed by atoms with E-state index >= 15 is 0 Å². The summed E-state index contributed by atoms with van der Waals surface area (Å²) in [7, 11) is 0. The van der Waals surface area contributed by atoms with Gasteiger partial charge in [0.15, 0.2) is 5.43 Å². The lowest BCUT2D eigenvalue weighted by Crippen LogP contribution is -2.16. The molecule has 0 radical (unpaired) electrons. The van der Waals surface area contributed by atoms with Gasteiger partial charge in [0.25, 0.3) is 0 Å². The van der Waals surface area contributed by atoms with Crippen LogP contribution >= 0.6 is 11.3 Å². The number of pyridine rings is 1. The fourth-order valence-electron chi connectivity index (χ4n) is 3.05. The zero-order valence-electron chi connectivity index (χ0n) is 14.7. The Kier molecular flexibility index (Phi) is 3.93. The van der Waals surface area contributed by atoms with E-state index in [-0.39, 0.29) is 5.43 Å². The number of hydrogen-bond acceptors (Lipinski definition) is 2. The minimum absolute atomic E-state index is 0.190. The van der Waals surface area contributed by atoms with Gasteiger partial charge in [0, 0.05) is 22.7 Å². The van der Waals surface area contributed by atoms with Gasteiger partial charge in [-0.1, -0.05) is 18.2 Å². The molecule has 0 fully saturated rings. The molecule has 3 rings (SSSR count). The number of thiophene rings is 1. The Labute approximate surface area is 141 Å². The summed E-state index contributed by atoms with van der Waals surface area (Å²) in [5.41, 5.74) is 7.17. The lowest BCUT2D eigenvalue weighted by atomic mass is 10.1. The smallest absolute Gasteiger partial charge is 0.193 e. The van der Waals surface area contributed by atoms with Crippen molar-refractivity contribution in [1.29, 1.82) is 0 Å². The summed E-state index contributed by atoms with van der Waals surface area (Å²) < 4.78 is 2.31. The third-order valence-corrected chi connectivity index (χ3v) is 6.27. The number of hydrogen-bond donors (Lipinski definition) is 0. The summed E-state index contributed by atoms with van der Waals surface area (Å²) in [5, 5.41) is 0.902. The summed E-state index contributed by atoms with van der Waals surface area (Å²) in [6, 6.07) is 6.62. The largest absolute Gasteiger partial charge is 0.332 e. The van der Waals surface area contributed by atoms with Gasteiger partial charge in [0.1, 0.15) is 4.83 Å². The zero-order chi connectivity index (χ0) is 16.9. The molecule has 120 valence electrons. The molecule has 0 atom stereocenters. The van der Waals surface area contributed by atoms with Gasteiger partial charge in [0.2, 0.25) is 0 Å². The second kappa shape index (κ2) is 5.64. The first kappa shape index (κ1) is 16.0. The van der Waals surface area contributed by atoms with Crippen LogP contribution in [0.2, 0.25) is 0 Å². The van der Waals surface area contributed by atoms with Crippen molar-refractivity contribution in [3.05, 3.63) is 66.8 Å². The van der Waals surface area contributed by atoms with Gasteiger partial charge in [-0.25, -0.2) is 0 Å². The van der Waals surface area contributed by atoms with E-state index in [1.807, 2.05) is 6.92 Å². The van der Waals surface area contributed by atoms with E-state index in [0.29, 0.717) is 0 Å². The van der Waals surface area contributed by atoms with Crippen LogP contribution in [-0.2, 0) is 6.54 Å². The summed E-state index contributed by atoms with van der Waals surface area (Å²) in [4.78, 5) is 15.0. The van der Waals surface area contributed by atoms with E-state index < -0.39 is 0 Å². The van der Waals surface area contributed by atoms with Crippen LogP contribution in [0, 0.1) is 41.5 Å². The molecule has 0 saturated heterocycles. The second-order valence-electron chi connectivity index (χ2n) is 6.51. The maximum absolute atomic E-state index is 12.7. The maximum Gasteiger partial charge on any atom is 0.193 e. The predicted octanol–water partition coefficient (Wildman–Crippen LogP) is 4.96. The molecule has 2 heterocycles. The molecule has 0 amide bonds. The molecule has 3 aromatic rings. The van der Waals surface area contributed by atoms with Gasteiger partial charge in [-0.3, -0.25) is 4.79 Å². The molecule has 3 heteroatoms. The highest BCUT2D eigenvalue weighted by molar-refractivity contribution is 7.18. The number of rotatable bonds is 2. The highest BCUT2D eigenvalue weighted by Gasteiger charge is 2.17. The van der Waals surface area contributed by atoms with Crippen LogP contribution in [0.1, 0.15) is 38.4 Å². The van der Waals surface area contributed by atoms with Crippen molar-refractivity contribution in [1.82, 2.24) is 4.57 Å². The Morgan fingerprint density at radius 2 is 1.65 bits per heavy atom. The van der Waals surface area contributed by atoms with Crippen LogP contribution in [0.5, 0.6) is 0 Å². The number of aromatic nitrogens is 1. The molecular formula is C20H23NOS. The Hall–Kier alpha value is -1.87.